The molecule has 13 heavy (non-hydrogen) atoms. The van der Waals surface area contributed by atoms with Crippen LogP contribution in [0.1, 0.15) is 25.0 Å². The van der Waals surface area contributed by atoms with Crippen molar-refractivity contribution in [1.82, 2.24) is 5.32 Å². The van der Waals surface area contributed by atoms with Gasteiger partial charge in [0, 0.05) is 6.04 Å². The topological polar surface area (TPSA) is 12.0 Å². The van der Waals surface area contributed by atoms with Crippen molar-refractivity contribution in [2.45, 2.75) is 33.2 Å². The smallest absolute Gasteiger partial charge is 0.00790 e. The largest absolute Gasteiger partial charge is 0.314 e. The van der Waals surface area contributed by atoms with E-state index in [4.69, 9.17) is 0 Å². The molecule has 0 radical (unpaired) electrons. The van der Waals surface area contributed by atoms with Crippen LogP contribution in [0.5, 0.6) is 0 Å². The molecule has 0 fully saturated rings. The lowest BCUT2D eigenvalue weighted by Crippen LogP contribution is -2.27. The fourth-order valence-electron chi connectivity index (χ4n) is 1.50. The molecule has 0 saturated heterocycles. The molecule has 0 bridgehead atoms. The lowest BCUT2D eigenvalue weighted by Gasteiger charge is -2.11. The normalized spacial score (nSPS) is 12.8. The van der Waals surface area contributed by atoms with Gasteiger partial charge in [0.15, 0.2) is 0 Å². The molecule has 0 aliphatic heterocycles. The van der Waals surface area contributed by atoms with Gasteiger partial charge in [-0.15, -0.1) is 0 Å². The zero-order chi connectivity index (χ0) is 9.68. The van der Waals surface area contributed by atoms with Gasteiger partial charge in [-0.2, -0.15) is 0 Å². The van der Waals surface area contributed by atoms with Crippen LogP contribution in [0.25, 0.3) is 0 Å². The molecular weight excluding hydrogens is 158 g/mol. The van der Waals surface area contributed by atoms with Crippen LogP contribution in [0.15, 0.2) is 24.3 Å². The summed E-state index contributed by atoms with van der Waals surface area (Å²) in [6, 6.07) is 9.35. The predicted molar refractivity (Wildman–Crippen MR) is 58.0 cm³/mol. The first-order valence-corrected chi connectivity index (χ1v) is 5.01. The number of likely N-dealkylation sites (N-methyl/N-ethyl adjacent to an activating group) is 1. The summed E-state index contributed by atoms with van der Waals surface area (Å²) >= 11 is 0. The highest BCUT2D eigenvalue weighted by Gasteiger charge is 2.00. The summed E-state index contributed by atoms with van der Waals surface area (Å²) in [7, 11) is 0. The zero-order valence-corrected chi connectivity index (χ0v) is 8.80. The molecule has 1 rings (SSSR count). The highest BCUT2D eigenvalue weighted by Crippen LogP contribution is 2.05. The van der Waals surface area contributed by atoms with Crippen LogP contribution in [-0.4, -0.2) is 12.6 Å². The predicted octanol–water partition coefficient (Wildman–Crippen LogP) is 2.54. The first-order valence-electron chi connectivity index (χ1n) is 5.01. The number of aryl methyl sites for hydroxylation is 1. The number of rotatable bonds is 4. The minimum Gasteiger partial charge on any atom is -0.314 e. The van der Waals surface area contributed by atoms with E-state index in [9.17, 15) is 0 Å². The van der Waals surface area contributed by atoms with E-state index >= 15 is 0 Å². The van der Waals surface area contributed by atoms with Gasteiger partial charge in [0.25, 0.3) is 0 Å². The molecular formula is C12H19N. The molecule has 1 unspecified atom stereocenters. The molecule has 0 spiro atoms. The highest BCUT2D eigenvalue weighted by atomic mass is 14.9. The Morgan fingerprint density at radius 1 is 1.23 bits per heavy atom. The Kier molecular flexibility index (Phi) is 3.97. The molecule has 0 aromatic heterocycles. The van der Waals surface area contributed by atoms with Crippen LogP contribution >= 0.6 is 0 Å². The molecule has 0 aliphatic carbocycles. The Morgan fingerprint density at radius 2 is 1.85 bits per heavy atom. The number of hydrogen-bond donors (Lipinski definition) is 1. The second-order valence-corrected chi connectivity index (χ2v) is 3.65. The molecule has 1 nitrogen and oxygen atoms in total. The van der Waals surface area contributed by atoms with Crippen LogP contribution < -0.4 is 5.32 Å². The van der Waals surface area contributed by atoms with Crippen molar-refractivity contribution >= 4 is 0 Å². The van der Waals surface area contributed by atoms with Crippen molar-refractivity contribution in [3.63, 3.8) is 0 Å². The van der Waals surface area contributed by atoms with E-state index in [-0.39, 0.29) is 0 Å². The molecule has 1 aromatic rings. The lowest BCUT2D eigenvalue weighted by molar-refractivity contribution is 0.565. The second-order valence-electron chi connectivity index (χ2n) is 3.65. The molecule has 1 atom stereocenters. The standard InChI is InChI=1S/C12H19N/c1-4-13-11(3)9-12-7-5-10(2)6-8-12/h5-8,11,13H,4,9H2,1-3H3. The summed E-state index contributed by atoms with van der Waals surface area (Å²) in [5.41, 5.74) is 2.75. The van der Waals surface area contributed by atoms with E-state index in [1.807, 2.05) is 0 Å². The van der Waals surface area contributed by atoms with Crippen molar-refractivity contribution in [1.29, 1.82) is 0 Å². The van der Waals surface area contributed by atoms with Gasteiger partial charge < -0.3 is 5.32 Å². The van der Waals surface area contributed by atoms with Crippen LogP contribution in [-0.2, 0) is 6.42 Å². The third-order valence-electron chi connectivity index (χ3n) is 2.22. The maximum Gasteiger partial charge on any atom is 0.00790 e. The van der Waals surface area contributed by atoms with Crippen LogP contribution in [0.2, 0.25) is 0 Å². The van der Waals surface area contributed by atoms with E-state index in [0.29, 0.717) is 6.04 Å². The zero-order valence-electron chi connectivity index (χ0n) is 8.80. The average Bonchev–Trinajstić information content (AvgIpc) is 2.09. The van der Waals surface area contributed by atoms with Crippen molar-refractivity contribution in [2.24, 2.45) is 0 Å². The van der Waals surface area contributed by atoms with Crippen molar-refractivity contribution in [2.75, 3.05) is 6.54 Å². The minimum absolute atomic E-state index is 0.577. The van der Waals surface area contributed by atoms with Crippen molar-refractivity contribution < 1.29 is 0 Å². The SMILES string of the molecule is CCNC(C)Cc1ccc(C)cc1. The van der Waals surface area contributed by atoms with E-state index in [1.165, 1.54) is 11.1 Å². The Morgan fingerprint density at radius 3 is 2.38 bits per heavy atom. The second kappa shape index (κ2) is 5.03. The first-order chi connectivity index (χ1) is 6.22. The fraction of sp³-hybridized carbons (Fsp3) is 0.500. The maximum atomic E-state index is 3.41. The highest BCUT2D eigenvalue weighted by molar-refractivity contribution is 5.21. The van der Waals surface area contributed by atoms with Gasteiger partial charge in [-0.05, 0) is 32.4 Å². The molecule has 1 heteroatoms. The van der Waals surface area contributed by atoms with Gasteiger partial charge >= 0.3 is 0 Å². The summed E-state index contributed by atoms with van der Waals surface area (Å²) < 4.78 is 0. The third-order valence-corrected chi connectivity index (χ3v) is 2.22. The van der Waals surface area contributed by atoms with E-state index < -0.39 is 0 Å². The Bertz CT molecular complexity index is 238. The third kappa shape index (κ3) is 3.60. The quantitative estimate of drug-likeness (QED) is 0.745. The first kappa shape index (κ1) is 10.3. The van der Waals surface area contributed by atoms with Crippen molar-refractivity contribution in [3.8, 4) is 0 Å². The lowest BCUT2D eigenvalue weighted by atomic mass is 10.1. The summed E-state index contributed by atoms with van der Waals surface area (Å²) in [5, 5.41) is 3.41. The van der Waals surface area contributed by atoms with Gasteiger partial charge in [0.05, 0.1) is 0 Å². The van der Waals surface area contributed by atoms with Crippen LogP contribution in [0.4, 0.5) is 0 Å². The number of hydrogen-bond acceptors (Lipinski definition) is 1. The molecule has 0 aliphatic rings. The number of benzene rings is 1. The van der Waals surface area contributed by atoms with E-state index in [1.54, 1.807) is 0 Å². The Balaban J connectivity index is 2.49. The maximum absolute atomic E-state index is 3.41. The van der Waals surface area contributed by atoms with Gasteiger partial charge in [0.2, 0.25) is 0 Å². The molecule has 1 N–H and O–H groups in total. The van der Waals surface area contributed by atoms with E-state index in [2.05, 4.69) is 50.4 Å². The summed E-state index contributed by atoms with van der Waals surface area (Å²) in [6.45, 7) is 7.54. The molecule has 1 aromatic carbocycles. The van der Waals surface area contributed by atoms with Gasteiger partial charge in [-0.25, -0.2) is 0 Å². The monoisotopic (exact) mass is 177 g/mol. The summed E-state index contributed by atoms with van der Waals surface area (Å²) in [6.07, 6.45) is 1.12. The van der Waals surface area contributed by atoms with E-state index in [0.717, 1.165) is 13.0 Å². The molecule has 0 heterocycles. The molecule has 0 amide bonds. The van der Waals surface area contributed by atoms with Gasteiger partial charge in [0.1, 0.15) is 0 Å². The molecule has 72 valence electrons. The van der Waals surface area contributed by atoms with Crippen LogP contribution in [0.3, 0.4) is 0 Å². The minimum atomic E-state index is 0.577. The Hall–Kier alpha value is -0.820. The molecule has 0 saturated carbocycles. The van der Waals surface area contributed by atoms with Gasteiger partial charge in [-0.1, -0.05) is 36.8 Å². The van der Waals surface area contributed by atoms with Crippen LogP contribution in [0, 0.1) is 6.92 Å². The summed E-state index contributed by atoms with van der Waals surface area (Å²) in [4.78, 5) is 0. The summed E-state index contributed by atoms with van der Waals surface area (Å²) in [5.74, 6) is 0. The Labute approximate surface area is 81.2 Å². The average molecular weight is 177 g/mol. The number of nitrogens with one attached hydrogen (secondary N) is 1. The fourth-order valence-corrected chi connectivity index (χ4v) is 1.50. The van der Waals surface area contributed by atoms with Gasteiger partial charge in [-0.3, -0.25) is 0 Å². The van der Waals surface area contributed by atoms with Crippen molar-refractivity contribution in [3.05, 3.63) is 35.4 Å².